The van der Waals surface area contributed by atoms with Crippen molar-refractivity contribution in [3.05, 3.63) is 76.0 Å². The SMILES string of the molecule is C/C=C(\N=CCC)C(Cc1ccc(C(=O)O)c(O)c1)c1cccc(C)c1C. The minimum absolute atomic E-state index is 0.0211. The molecule has 4 heteroatoms. The number of aryl methyl sites for hydroxylation is 1. The molecule has 0 radical (unpaired) electrons. The van der Waals surface area contributed by atoms with E-state index in [4.69, 9.17) is 5.11 Å². The molecule has 4 nitrogen and oxygen atoms in total. The average Bonchev–Trinajstić information content (AvgIpc) is 2.63. The molecule has 0 aliphatic carbocycles. The van der Waals surface area contributed by atoms with Crippen molar-refractivity contribution in [1.82, 2.24) is 0 Å². The summed E-state index contributed by atoms with van der Waals surface area (Å²) in [4.78, 5) is 15.8. The summed E-state index contributed by atoms with van der Waals surface area (Å²) in [6, 6.07) is 11.0. The molecule has 0 saturated heterocycles. The maximum absolute atomic E-state index is 11.1. The molecule has 0 saturated carbocycles. The fraction of sp³-hybridized carbons (Fsp3) is 0.304. The van der Waals surface area contributed by atoms with Gasteiger partial charge in [0.2, 0.25) is 0 Å². The van der Waals surface area contributed by atoms with E-state index in [0.29, 0.717) is 6.42 Å². The van der Waals surface area contributed by atoms with Gasteiger partial charge in [0.05, 0.1) is 0 Å². The predicted molar refractivity (Wildman–Crippen MR) is 110 cm³/mol. The molecule has 2 aromatic rings. The molecular weight excluding hydrogens is 338 g/mol. The molecule has 0 spiro atoms. The van der Waals surface area contributed by atoms with E-state index in [9.17, 15) is 9.90 Å². The number of allylic oxidation sites excluding steroid dienone is 2. The second kappa shape index (κ2) is 9.17. The van der Waals surface area contributed by atoms with Crippen molar-refractivity contribution in [3.8, 4) is 5.75 Å². The van der Waals surface area contributed by atoms with Crippen LogP contribution in [0, 0.1) is 13.8 Å². The minimum atomic E-state index is -1.13. The second-order valence-corrected chi connectivity index (χ2v) is 6.64. The van der Waals surface area contributed by atoms with E-state index >= 15 is 0 Å². The van der Waals surface area contributed by atoms with Crippen LogP contribution in [-0.4, -0.2) is 22.4 Å². The van der Waals surface area contributed by atoms with Gasteiger partial charge in [-0.25, -0.2) is 4.79 Å². The Labute approximate surface area is 160 Å². The van der Waals surface area contributed by atoms with Crippen LogP contribution >= 0.6 is 0 Å². The fourth-order valence-corrected chi connectivity index (χ4v) is 3.21. The van der Waals surface area contributed by atoms with Gasteiger partial charge in [-0.1, -0.05) is 37.3 Å². The molecule has 0 aliphatic heterocycles. The lowest BCUT2D eigenvalue weighted by Gasteiger charge is -2.22. The van der Waals surface area contributed by atoms with Crippen molar-refractivity contribution in [2.75, 3.05) is 0 Å². The molecule has 142 valence electrons. The van der Waals surface area contributed by atoms with E-state index in [1.165, 1.54) is 22.8 Å². The monoisotopic (exact) mass is 365 g/mol. The largest absolute Gasteiger partial charge is 0.507 e. The number of aromatic carboxylic acids is 1. The summed E-state index contributed by atoms with van der Waals surface area (Å²) in [5.74, 6) is -1.32. The normalized spacial score (nSPS) is 13.1. The summed E-state index contributed by atoms with van der Waals surface area (Å²) in [5.41, 5.74) is 5.38. The molecule has 2 rings (SSSR count). The van der Waals surface area contributed by atoms with Crippen molar-refractivity contribution in [3.63, 3.8) is 0 Å². The molecule has 1 atom stereocenters. The van der Waals surface area contributed by atoms with Crippen LogP contribution in [0.25, 0.3) is 0 Å². The van der Waals surface area contributed by atoms with Crippen LogP contribution in [0.2, 0.25) is 0 Å². The van der Waals surface area contributed by atoms with Crippen molar-refractivity contribution in [1.29, 1.82) is 0 Å². The molecule has 0 aromatic heterocycles. The number of rotatable bonds is 7. The second-order valence-electron chi connectivity index (χ2n) is 6.64. The van der Waals surface area contributed by atoms with Gasteiger partial charge in [-0.15, -0.1) is 0 Å². The fourth-order valence-electron chi connectivity index (χ4n) is 3.21. The number of hydrogen-bond acceptors (Lipinski definition) is 3. The van der Waals surface area contributed by atoms with Gasteiger partial charge in [0.25, 0.3) is 0 Å². The highest BCUT2D eigenvalue weighted by molar-refractivity contribution is 5.90. The Kier molecular flexibility index (Phi) is 6.94. The number of carboxylic acids is 1. The summed E-state index contributed by atoms with van der Waals surface area (Å²) in [7, 11) is 0. The molecule has 0 heterocycles. The summed E-state index contributed by atoms with van der Waals surface area (Å²) < 4.78 is 0. The maximum Gasteiger partial charge on any atom is 0.339 e. The van der Waals surface area contributed by atoms with Gasteiger partial charge >= 0.3 is 5.97 Å². The van der Waals surface area contributed by atoms with E-state index in [1.54, 1.807) is 12.1 Å². The van der Waals surface area contributed by atoms with Crippen molar-refractivity contribution < 1.29 is 15.0 Å². The molecule has 0 aliphatic rings. The molecule has 2 N–H and O–H groups in total. The number of carbonyl (C=O) groups is 1. The van der Waals surface area contributed by atoms with Crippen LogP contribution in [-0.2, 0) is 6.42 Å². The maximum atomic E-state index is 11.1. The number of phenols is 1. The van der Waals surface area contributed by atoms with Crippen LogP contribution in [0.4, 0.5) is 0 Å². The molecule has 2 aromatic carbocycles. The number of aliphatic imine (C=N–C) groups is 1. The topological polar surface area (TPSA) is 69.9 Å². The number of carboxylic acid groups (broad SMARTS) is 1. The number of aromatic hydroxyl groups is 1. The molecule has 27 heavy (non-hydrogen) atoms. The average molecular weight is 365 g/mol. The van der Waals surface area contributed by atoms with Gasteiger partial charge in [0.15, 0.2) is 0 Å². The summed E-state index contributed by atoms with van der Waals surface area (Å²) >= 11 is 0. The summed E-state index contributed by atoms with van der Waals surface area (Å²) in [6.45, 7) is 8.23. The zero-order chi connectivity index (χ0) is 20.0. The first-order chi connectivity index (χ1) is 12.9. The zero-order valence-electron chi connectivity index (χ0n) is 16.4. The first-order valence-corrected chi connectivity index (χ1v) is 9.19. The first kappa shape index (κ1) is 20.4. The standard InChI is InChI=1S/C23H27NO3/c1-5-12-24-21(6-2)20(18-9-7-8-15(3)16(18)4)13-17-10-11-19(23(26)27)22(25)14-17/h6-12,14,20,25H,5,13H2,1-4H3,(H,26,27)/b21-6-,24-12?. The van der Waals surface area contributed by atoms with Crippen LogP contribution in [0.1, 0.15) is 58.8 Å². The molecule has 0 fully saturated rings. The third-order valence-corrected chi connectivity index (χ3v) is 4.83. The van der Waals surface area contributed by atoms with E-state index in [0.717, 1.165) is 17.7 Å². The Morgan fingerprint density at radius 2 is 1.96 bits per heavy atom. The first-order valence-electron chi connectivity index (χ1n) is 9.19. The van der Waals surface area contributed by atoms with Crippen molar-refractivity contribution >= 4 is 12.2 Å². The van der Waals surface area contributed by atoms with Gasteiger partial charge in [-0.3, -0.25) is 4.99 Å². The Morgan fingerprint density at radius 3 is 2.56 bits per heavy atom. The minimum Gasteiger partial charge on any atom is -0.507 e. The zero-order valence-corrected chi connectivity index (χ0v) is 16.4. The van der Waals surface area contributed by atoms with Crippen LogP contribution in [0.15, 0.2) is 53.2 Å². The summed E-state index contributed by atoms with van der Waals surface area (Å²) in [6.07, 6.45) is 5.39. The lowest BCUT2D eigenvalue weighted by atomic mass is 9.85. The van der Waals surface area contributed by atoms with Gasteiger partial charge in [0.1, 0.15) is 11.3 Å². The van der Waals surface area contributed by atoms with Gasteiger partial charge in [0, 0.05) is 17.8 Å². The highest BCUT2D eigenvalue weighted by Gasteiger charge is 2.20. The van der Waals surface area contributed by atoms with Gasteiger partial charge in [-0.05, 0) is 68.0 Å². The Bertz CT molecular complexity index is 881. The summed E-state index contributed by atoms with van der Waals surface area (Å²) in [5, 5.41) is 19.2. The predicted octanol–water partition coefficient (Wildman–Crippen LogP) is 5.42. The number of nitrogens with zero attached hydrogens (tertiary/aromatic N) is 1. The highest BCUT2D eigenvalue weighted by atomic mass is 16.4. The van der Waals surface area contributed by atoms with Crippen molar-refractivity contribution in [2.24, 2.45) is 4.99 Å². The molecule has 0 amide bonds. The van der Waals surface area contributed by atoms with E-state index < -0.39 is 5.97 Å². The molecule has 1 unspecified atom stereocenters. The number of benzene rings is 2. The Morgan fingerprint density at radius 1 is 1.22 bits per heavy atom. The van der Waals surface area contributed by atoms with Crippen LogP contribution < -0.4 is 0 Å². The molecular formula is C23H27NO3. The third kappa shape index (κ3) is 4.85. The molecule has 0 bridgehead atoms. The quantitative estimate of drug-likeness (QED) is 0.644. The third-order valence-electron chi connectivity index (χ3n) is 4.83. The lowest BCUT2D eigenvalue weighted by Crippen LogP contribution is -2.09. The van der Waals surface area contributed by atoms with Crippen LogP contribution in [0.3, 0.4) is 0 Å². The van der Waals surface area contributed by atoms with E-state index in [2.05, 4.69) is 31.0 Å². The lowest BCUT2D eigenvalue weighted by molar-refractivity contribution is 0.0693. The van der Waals surface area contributed by atoms with E-state index in [1.807, 2.05) is 32.2 Å². The van der Waals surface area contributed by atoms with Crippen molar-refractivity contribution in [2.45, 2.75) is 46.5 Å². The Hall–Kier alpha value is -2.88. The van der Waals surface area contributed by atoms with Gasteiger partial charge in [-0.2, -0.15) is 0 Å². The Balaban J connectivity index is 2.50. The smallest absolute Gasteiger partial charge is 0.339 e. The number of hydrogen-bond donors (Lipinski definition) is 2. The van der Waals surface area contributed by atoms with Gasteiger partial charge < -0.3 is 10.2 Å². The van der Waals surface area contributed by atoms with E-state index in [-0.39, 0.29) is 17.2 Å². The highest BCUT2D eigenvalue weighted by Crippen LogP contribution is 2.33. The van der Waals surface area contributed by atoms with Crippen LogP contribution in [0.5, 0.6) is 5.75 Å².